The minimum absolute atomic E-state index is 0.0409. The maximum absolute atomic E-state index is 14.2. The number of fused-ring (bicyclic) bond motifs is 1. The minimum Gasteiger partial charge on any atom is -0.497 e. The van der Waals surface area contributed by atoms with Gasteiger partial charge in [0.2, 0.25) is 5.91 Å². The number of carbonyl (C=O) groups excluding carboxylic acids is 2. The highest BCUT2D eigenvalue weighted by molar-refractivity contribution is 6.46. The lowest BCUT2D eigenvalue weighted by Crippen LogP contribution is -2.38. The first-order chi connectivity index (χ1) is 16.6. The summed E-state index contributed by atoms with van der Waals surface area (Å²) in [6.45, 7) is 1.73. The summed E-state index contributed by atoms with van der Waals surface area (Å²) < 4.78 is 48.8. The Morgan fingerprint density at radius 1 is 1.14 bits per heavy atom. The first-order valence-electron chi connectivity index (χ1n) is 10.8. The number of benzene rings is 2. The van der Waals surface area contributed by atoms with Gasteiger partial charge in [-0.25, -0.2) is 4.99 Å². The SMILES string of the molecule is COc1ccc(C(C)NC(=O)CC2=Nc3c(c(-c4ccccc4)nn3C)C(C(F)(F)F)C2=O)cc1. The lowest BCUT2D eigenvalue weighted by molar-refractivity contribution is -0.159. The number of ketones is 1. The van der Waals surface area contributed by atoms with Crippen LogP contribution in [0.15, 0.2) is 59.6 Å². The lowest BCUT2D eigenvalue weighted by Gasteiger charge is -2.24. The molecule has 2 unspecified atom stereocenters. The third-order valence-corrected chi connectivity index (χ3v) is 5.82. The normalized spacial score (nSPS) is 16.3. The van der Waals surface area contributed by atoms with Crippen molar-refractivity contribution in [3.63, 3.8) is 0 Å². The second-order valence-corrected chi connectivity index (χ2v) is 8.21. The van der Waals surface area contributed by atoms with Gasteiger partial charge >= 0.3 is 6.18 Å². The van der Waals surface area contributed by atoms with Crippen molar-refractivity contribution >= 4 is 23.2 Å². The predicted octanol–water partition coefficient (Wildman–Crippen LogP) is 4.66. The van der Waals surface area contributed by atoms with Crippen molar-refractivity contribution in [1.29, 1.82) is 0 Å². The molecule has 3 aromatic rings. The van der Waals surface area contributed by atoms with E-state index in [-0.39, 0.29) is 17.1 Å². The number of hydrogen-bond donors (Lipinski definition) is 1. The van der Waals surface area contributed by atoms with E-state index in [4.69, 9.17) is 4.74 Å². The predicted molar refractivity (Wildman–Crippen MR) is 124 cm³/mol. The number of aryl methyl sites for hydroxylation is 1. The molecule has 4 rings (SSSR count). The van der Waals surface area contributed by atoms with E-state index in [2.05, 4.69) is 15.4 Å². The topological polar surface area (TPSA) is 85.6 Å². The summed E-state index contributed by atoms with van der Waals surface area (Å²) in [7, 11) is 2.99. The molecule has 0 spiro atoms. The third kappa shape index (κ3) is 4.82. The Hall–Kier alpha value is -3.95. The molecular weight excluding hydrogens is 461 g/mol. The van der Waals surface area contributed by atoms with Crippen LogP contribution in [0.25, 0.3) is 11.3 Å². The molecular formula is C25H23F3N4O3. The number of methoxy groups -OCH3 is 1. The molecule has 1 aromatic heterocycles. The van der Waals surface area contributed by atoms with Crippen molar-refractivity contribution in [2.75, 3.05) is 7.11 Å². The third-order valence-electron chi connectivity index (χ3n) is 5.82. The summed E-state index contributed by atoms with van der Waals surface area (Å²) in [6, 6.07) is 14.9. The molecule has 1 N–H and O–H groups in total. The fraction of sp³-hybridized carbons (Fsp3) is 0.280. The molecule has 0 saturated heterocycles. The monoisotopic (exact) mass is 484 g/mol. The highest BCUT2D eigenvalue weighted by Gasteiger charge is 2.52. The summed E-state index contributed by atoms with van der Waals surface area (Å²) in [6.07, 6.45) is -5.47. The van der Waals surface area contributed by atoms with Gasteiger partial charge in [-0.15, -0.1) is 0 Å². The number of aliphatic imine (C=N–C) groups is 1. The van der Waals surface area contributed by atoms with E-state index in [9.17, 15) is 22.8 Å². The van der Waals surface area contributed by atoms with Crippen molar-refractivity contribution in [1.82, 2.24) is 15.1 Å². The summed E-state index contributed by atoms with van der Waals surface area (Å²) in [5, 5.41) is 6.93. The number of alkyl halides is 3. The van der Waals surface area contributed by atoms with E-state index < -0.39 is 42.0 Å². The molecule has 0 fully saturated rings. The van der Waals surface area contributed by atoms with Crippen molar-refractivity contribution in [3.05, 3.63) is 65.7 Å². The molecule has 182 valence electrons. The van der Waals surface area contributed by atoms with Crippen LogP contribution >= 0.6 is 0 Å². The number of amides is 1. The molecule has 35 heavy (non-hydrogen) atoms. The lowest BCUT2D eigenvalue weighted by atomic mass is 9.86. The van der Waals surface area contributed by atoms with Crippen molar-refractivity contribution in [2.24, 2.45) is 12.0 Å². The van der Waals surface area contributed by atoms with Crippen LogP contribution in [0.1, 0.15) is 36.4 Å². The molecule has 2 heterocycles. The van der Waals surface area contributed by atoms with Crippen molar-refractivity contribution in [3.8, 4) is 17.0 Å². The standard InChI is InChI=1S/C25H23F3N4O3/c1-14(15-9-11-17(35-3)12-10-15)29-19(33)13-18-23(34)21(25(26,27)28)20-22(16-7-5-4-6-8-16)31-32(2)24(20)30-18/h4-12,14,21H,13H2,1-3H3,(H,29,33). The van der Waals surface area contributed by atoms with Crippen LogP contribution in [0, 0.1) is 0 Å². The molecule has 10 heteroatoms. The van der Waals surface area contributed by atoms with E-state index in [1.54, 1.807) is 61.5 Å². The number of ether oxygens (including phenoxy) is 1. The van der Waals surface area contributed by atoms with Gasteiger partial charge in [0, 0.05) is 18.2 Å². The van der Waals surface area contributed by atoms with E-state index in [1.807, 2.05) is 0 Å². The maximum atomic E-state index is 14.2. The molecule has 0 bridgehead atoms. The fourth-order valence-electron chi connectivity index (χ4n) is 4.08. The quantitative estimate of drug-likeness (QED) is 0.551. The average Bonchev–Trinajstić information content (AvgIpc) is 3.14. The maximum Gasteiger partial charge on any atom is 0.403 e. The van der Waals surface area contributed by atoms with Crippen molar-refractivity contribution in [2.45, 2.75) is 31.5 Å². The van der Waals surface area contributed by atoms with Crippen LogP contribution < -0.4 is 10.1 Å². The largest absolute Gasteiger partial charge is 0.497 e. The van der Waals surface area contributed by atoms with Crippen LogP contribution in [0.4, 0.5) is 19.0 Å². The molecule has 0 aliphatic carbocycles. The van der Waals surface area contributed by atoms with Crippen LogP contribution in [0.3, 0.4) is 0 Å². The van der Waals surface area contributed by atoms with E-state index in [0.29, 0.717) is 11.3 Å². The number of hydrogen-bond acceptors (Lipinski definition) is 5. The second-order valence-electron chi connectivity index (χ2n) is 8.21. The number of rotatable bonds is 6. The van der Waals surface area contributed by atoms with Gasteiger partial charge in [0.05, 0.1) is 31.0 Å². The summed E-state index contributed by atoms with van der Waals surface area (Å²) in [5.74, 6) is -3.76. The highest BCUT2D eigenvalue weighted by Crippen LogP contribution is 2.47. The van der Waals surface area contributed by atoms with E-state index >= 15 is 0 Å². The first kappa shape index (κ1) is 24.2. The van der Waals surface area contributed by atoms with Gasteiger partial charge in [-0.05, 0) is 24.6 Å². The van der Waals surface area contributed by atoms with Gasteiger partial charge in [0.1, 0.15) is 5.75 Å². The second kappa shape index (κ2) is 9.36. The molecule has 0 saturated carbocycles. The molecule has 1 aliphatic rings. The van der Waals surface area contributed by atoms with Crippen LogP contribution in [0.2, 0.25) is 0 Å². The van der Waals surface area contributed by atoms with Crippen molar-refractivity contribution < 1.29 is 27.5 Å². The van der Waals surface area contributed by atoms with E-state index in [1.165, 1.54) is 18.8 Å². The van der Waals surface area contributed by atoms with Crippen LogP contribution in [0.5, 0.6) is 5.75 Å². The fourth-order valence-corrected chi connectivity index (χ4v) is 4.08. The zero-order chi connectivity index (χ0) is 25.3. The Bertz CT molecular complexity index is 1280. The zero-order valence-electron chi connectivity index (χ0n) is 19.3. The highest BCUT2D eigenvalue weighted by atomic mass is 19.4. The summed E-state index contributed by atoms with van der Waals surface area (Å²) >= 11 is 0. The molecule has 2 atom stereocenters. The molecule has 2 aromatic carbocycles. The van der Waals surface area contributed by atoms with Gasteiger partial charge in [0.15, 0.2) is 17.5 Å². The van der Waals surface area contributed by atoms with Crippen LogP contribution in [-0.2, 0) is 16.6 Å². The smallest absolute Gasteiger partial charge is 0.403 e. The first-order valence-corrected chi connectivity index (χ1v) is 10.8. The zero-order valence-corrected chi connectivity index (χ0v) is 19.3. The number of halogens is 3. The number of nitrogens with zero attached hydrogens (tertiary/aromatic N) is 3. The summed E-state index contributed by atoms with van der Waals surface area (Å²) in [5.41, 5.74) is 0.495. The Balaban J connectivity index is 1.64. The Kier molecular flexibility index (Phi) is 6.47. The molecule has 0 radical (unpaired) electrons. The molecule has 1 amide bonds. The van der Waals surface area contributed by atoms with Gasteiger partial charge in [-0.3, -0.25) is 14.3 Å². The Morgan fingerprint density at radius 2 is 1.80 bits per heavy atom. The minimum atomic E-state index is -4.88. The number of carbonyl (C=O) groups is 2. The van der Waals surface area contributed by atoms with Gasteiger partial charge in [-0.2, -0.15) is 18.3 Å². The molecule has 1 aliphatic heterocycles. The van der Waals surface area contributed by atoms with Gasteiger partial charge in [0.25, 0.3) is 0 Å². The van der Waals surface area contributed by atoms with Gasteiger partial charge in [-0.1, -0.05) is 42.5 Å². The number of nitrogens with one attached hydrogen (secondary N) is 1. The Labute approximate surface area is 199 Å². The summed E-state index contributed by atoms with van der Waals surface area (Å²) in [4.78, 5) is 29.8. The number of aromatic nitrogens is 2. The Morgan fingerprint density at radius 3 is 2.40 bits per heavy atom. The molecule has 7 nitrogen and oxygen atoms in total. The number of Topliss-reactive ketones (excluding diaryl/α,β-unsaturated/α-hetero) is 1. The van der Waals surface area contributed by atoms with Crippen LogP contribution in [-0.4, -0.2) is 40.5 Å². The van der Waals surface area contributed by atoms with E-state index in [0.717, 1.165) is 5.56 Å². The average molecular weight is 484 g/mol. The van der Waals surface area contributed by atoms with Gasteiger partial charge < -0.3 is 10.1 Å².